The number of nitro groups is 1. The van der Waals surface area contributed by atoms with Crippen molar-refractivity contribution < 1.29 is 9.72 Å². The maximum Gasteiger partial charge on any atom is 0.271 e. The fourth-order valence-electron chi connectivity index (χ4n) is 2.40. The van der Waals surface area contributed by atoms with E-state index >= 15 is 0 Å². The Balaban J connectivity index is 1.72. The highest BCUT2D eigenvalue weighted by Gasteiger charge is 2.21. The van der Waals surface area contributed by atoms with Gasteiger partial charge >= 0.3 is 0 Å². The normalized spacial score (nSPS) is 11.9. The van der Waals surface area contributed by atoms with Gasteiger partial charge in [0.1, 0.15) is 0 Å². The number of anilines is 1. The topological polar surface area (TPSA) is 103 Å². The minimum absolute atomic E-state index is 0.0700. The summed E-state index contributed by atoms with van der Waals surface area (Å²) in [6.45, 7) is 4.44. The molecule has 0 fully saturated rings. The number of amides is 1. The van der Waals surface area contributed by atoms with Crippen molar-refractivity contribution in [2.24, 2.45) is 0 Å². The van der Waals surface area contributed by atoms with Crippen molar-refractivity contribution in [3.05, 3.63) is 51.9 Å². The van der Waals surface area contributed by atoms with Crippen molar-refractivity contribution in [1.29, 1.82) is 0 Å². The lowest BCUT2D eigenvalue weighted by atomic mass is 10.2. The van der Waals surface area contributed by atoms with E-state index in [0.29, 0.717) is 17.4 Å². The molecule has 0 saturated heterocycles. The molecule has 1 amide bonds. The molecule has 0 aliphatic carbocycles. The number of thioether (sulfide) groups is 1. The lowest BCUT2D eigenvalue weighted by Crippen LogP contribution is -2.23. The Kier molecular flexibility index (Phi) is 5.87. The Hall–Kier alpha value is -2.72. The largest absolute Gasteiger partial charge is 0.325 e. The second-order valence-electron chi connectivity index (χ2n) is 5.58. The van der Waals surface area contributed by atoms with E-state index in [4.69, 9.17) is 0 Å². The summed E-state index contributed by atoms with van der Waals surface area (Å²) in [4.78, 5) is 23.9. The first kappa shape index (κ1) is 19.1. The van der Waals surface area contributed by atoms with Crippen molar-refractivity contribution in [3.63, 3.8) is 0 Å². The van der Waals surface area contributed by atoms with Gasteiger partial charge in [0.25, 0.3) is 5.69 Å². The molecule has 0 radical (unpaired) electrons. The van der Waals surface area contributed by atoms with Crippen molar-refractivity contribution in [2.75, 3.05) is 5.32 Å². The van der Waals surface area contributed by atoms with E-state index in [1.807, 2.05) is 29.0 Å². The number of nitro benzene ring substituents is 1. The smallest absolute Gasteiger partial charge is 0.271 e. The van der Waals surface area contributed by atoms with Crippen LogP contribution in [-0.2, 0) is 11.3 Å². The van der Waals surface area contributed by atoms with Gasteiger partial charge in [-0.05, 0) is 31.4 Å². The van der Waals surface area contributed by atoms with Crippen LogP contribution in [0.2, 0.25) is 0 Å². The van der Waals surface area contributed by atoms with Crippen LogP contribution in [-0.4, -0.2) is 30.8 Å². The number of rotatable bonds is 7. The van der Waals surface area contributed by atoms with Gasteiger partial charge in [0.05, 0.1) is 15.1 Å². The molecule has 0 bridgehead atoms. The molecule has 10 heteroatoms. The number of aromatic nitrogens is 3. The van der Waals surface area contributed by atoms with Crippen LogP contribution in [0.25, 0.3) is 10.7 Å². The van der Waals surface area contributed by atoms with Crippen molar-refractivity contribution in [1.82, 2.24) is 14.8 Å². The number of non-ortho nitro benzene ring substituents is 1. The number of carbonyl (C=O) groups excluding carboxylic acids is 1. The zero-order chi connectivity index (χ0) is 19.4. The molecule has 1 N–H and O–H groups in total. The van der Waals surface area contributed by atoms with E-state index in [1.165, 1.54) is 30.0 Å². The Morgan fingerprint density at radius 2 is 2.19 bits per heavy atom. The van der Waals surface area contributed by atoms with Gasteiger partial charge in [-0.2, -0.15) is 0 Å². The highest BCUT2D eigenvalue weighted by Crippen LogP contribution is 2.29. The van der Waals surface area contributed by atoms with Crippen LogP contribution >= 0.6 is 23.1 Å². The average molecular weight is 403 g/mol. The molecular formula is C17H17N5O3S2. The first-order valence-corrected chi connectivity index (χ1v) is 9.94. The van der Waals surface area contributed by atoms with E-state index < -0.39 is 10.2 Å². The molecule has 27 heavy (non-hydrogen) atoms. The number of nitrogens with zero attached hydrogens (tertiary/aromatic N) is 4. The SMILES string of the molecule is CCn1c(S[C@H](C)C(=O)Nc2cccc([N+](=O)[O-])c2)nnc1-c1cccs1. The quantitative estimate of drug-likeness (QED) is 0.363. The van der Waals surface area contributed by atoms with Crippen LogP contribution in [0.3, 0.4) is 0 Å². The number of hydrogen-bond acceptors (Lipinski definition) is 7. The molecule has 0 saturated carbocycles. The van der Waals surface area contributed by atoms with Crippen molar-refractivity contribution in [3.8, 4) is 10.7 Å². The van der Waals surface area contributed by atoms with Crippen LogP contribution < -0.4 is 5.32 Å². The minimum Gasteiger partial charge on any atom is -0.325 e. The molecule has 8 nitrogen and oxygen atoms in total. The summed E-state index contributed by atoms with van der Waals surface area (Å²) in [5, 5.41) is 24.2. The van der Waals surface area contributed by atoms with E-state index in [-0.39, 0.29) is 11.6 Å². The van der Waals surface area contributed by atoms with Crippen LogP contribution in [0, 0.1) is 10.1 Å². The number of carbonyl (C=O) groups is 1. The summed E-state index contributed by atoms with van der Waals surface area (Å²) in [6.07, 6.45) is 0. The first-order valence-electron chi connectivity index (χ1n) is 8.18. The molecule has 0 spiro atoms. The average Bonchev–Trinajstić information content (AvgIpc) is 3.31. The number of nitrogens with one attached hydrogen (secondary N) is 1. The second-order valence-corrected chi connectivity index (χ2v) is 7.84. The van der Waals surface area contributed by atoms with Gasteiger partial charge in [0.15, 0.2) is 11.0 Å². The molecule has 3 aromatic rings. The Bertz CT molecular complexity index is 955. The molecule has 1 atom stereocenters. The molecule has 2 heterocycles. The number of thiophene rings is 1. The van der Waals surface area contributed by atoms with E-state index in [1.54, 1.807) is 24.3 Å². The second kappa shape index (κ2) is 8.31. The van der Waals surface area contributed by atoms with Gasteiger partial charge in [0.2, 0.25) is 5.91 Å². The van der Waals surface area contributed by atoms with Gasteiger partial charge in [-0.3, -0.25) is 14.9 Å². The predicted molar refractivity (Wildman–Crippen MR) is 106 cm³/mol. The highest BCUT2D eigenvalue weighted by molar-refractivity contribution is 8.00. The van der Waals surface area contributed by atoms with Crippen molar-refractivity contribution >= 4 is 40.4 Å². The van der Waals surface area contributed by atoms with Crippen LogP contribution in [0.15, 0.2) is 46.9 Å². The van der Waals surface area contributed by atoms with Crippen LogP contribution in [0.4, 0.5) is 11.4 Å². The summed E-state index contributed by atoms with van der Waals surface area (Å²) >= 11 is 2.88. The first-order chi connectivity index (χ1) is 13.0. The van der Waals surface area contributed by atoms with E-state index in [2.05, 4.69) is 15.5 Å². The third-order valence-electron chi connectivity index (χ3n) is 3.75. The number of hydrogen-bond donors (Lipinski definition) is 1. The standard InChI is InChI=1S/C17H17N5O3S2/c1-3-21-15(14-8-5-9-26-14)19-20-17(21)27-11(2)16(23)18-12-6-4-7-13(10-12)22(24)25/h4-11H,3H2,1-2H3,(H,18,23)/t11-/m1/s1. The molecule has 2 aromatic heterocycles. The fourth-order valence-corrected chi connectivity index (χ4v) is 4.03. The summed E-state index contributed by atoms with van der Waals surface area (Å²) in [7, 11) is 0. The van der Waals surface area contributed by atoms with Gasteiger partial charge in [-0.15, -0.1) is 21.5 Å². The monoisotopic (exact) mass is 403 g/mol. The molecule has 1 aromatic carbocycles. The molecular weight excluding hydrogens is 386 g/mol. The van der Waals surface area contributed by atoms with Gasteiger partial charge in [-0.1, -0.05) is 23.9 Å². The highest BCUT2D eigenvalue weighted by atomic mass is 32.2. The van der Waals surface area contributed by atoms with Crippen molar-refractivity contribution in [2.45, 2.75) is 30.8 Å². The van der Waals surface area contributed by atoms with E-state index in [9.17, 15) is 14.9 Å². The molecule has 140 valence electrons. The molecule has 3 rings (SSSR count). The van der Waals surface area contributed by atoms with E-state index in [0.717, 1.165) is 10.7 Å². The van der Waals surface area contributed by atoms with Gasteiger partial charge in [0, 0.05) is 24.4 Å². The summed E-state index contributed by atoms with van der Waals surface area (Å²) in [5.41, 5.74) is 0.317. The summed E-state index contributed by atoms with van der Waals surface area (Å²) in [6, 6.07) is 9.80. The summed E-state index contributed by atoms with van der Waals surface area (Å²) in [5.74, 6) is 0.519. The Labute approximate surface area is 163 Å². The molecule has 0 aliphatic rings. The number of benzene rings is 1. The summed E-state index contributed by atoms with van der Waals surface area (Å²) < 4.78 is 1.97. The van der Waals surface area contributed by atoms with Gasteiger partial charge < -0.3 is 9.88 Å². The zero-order valence-electron chi connectivity index (χ0n) is 14.7. The maximum atomic E-state index is 12.5. The fraction of sp³-hybridized carbons (Fsp3) is 0.235. The predicted octanol–water partition coefficient (Wildman–Crippen LogP) is 4.05. The third-order valence-corrected chi connectivity index (χ3v) is 5.70. The maximum absolute atomic E-state index is 12.5. The van der Waals surface area contributed by atoms with Crippen LogP contribution in [0.1, 0.15) is 13.8 Å². The molecule has 0 unspecified atom stereocenters. The third kappa shape index (κ3) is 4.34. The minimum atomic E-state index is -0.496. The van der Waals surface area contributed by atoms with Gasteiger partial charge in [-0.25, -0.2) is 0 Å². The molecule has 0 aliphatic heterocycles. The Morgan fingerprint density at radius 1 is 1.37 bits per heavy atom. The Morgan fingerprint density at radius 3 is 2.85 bits per heavy atom. The van der Waals surface area contributed by atoms with Crippen LogP contribution in [0.5, 0.6) is 0 Å². The lowest BCUT2D eigenvalue weighted by molar-refractivity contribution is -0.384. The zero-order valence-corrected chi connectivity index (χ0v) is 16.3. The lowest BCUT2D eigenvalue weighted by Gasteiger charge is -2.12.